The third-order valence-corrected chi connectivity index (χ3v) is 4.73. The summed E-state index contributed by atoms with van der Waals surface area (Å²) in [5, 5.41) is 1.79. The van der Waals surface area contributed by atoms with Gasteiger partial charge in [-0.3, -0.25) is 4.79 Å². The zero-order valence-electron chi connectivity index (χ0n) is 10.9. The highest BCUT2D eigenvalue weighted by molar-refractivity contribution is 7.92. The number of carbonyl (C=O) groups excluding carboxylic acids is 1. The molecule has 6 nitrogen and oxygen atoms in total. The number of anilines is 1. The molecule has 1 rings (SSSR count). The largest absolute Gasteiger partial charge is 0.497 e. The second-order valence-corrected chi connectivity index (χ2v) is 6.55. The molecule has 1 amide bonds. The fourth-order valence-corrected chi connectivity index (χ4v) is 2.36. The number of amides is 1. The first-order valence-electron chi connectivity index (χ1n) is 5.74. The van der Waals surface area contributed by atoms with Gasteiger partial charge in [0.1, 0.15) is 11.5 Å². The molecular formula is C12H18N2O4S. The quantitative estimate of drug-likeness (QED) is 0.788. The summed E-state index contributed by atoms with van der Waals surface area (Å²) in [7, 11) is -1.97. The van der Waals surface area contributed by atoms with Gasteiger partial charge in [0.15, 0.2) is 9.84 Å². The lowest BCUT2D eigenvalue weighted by Crippen LogP contribution is -2.33. The van der Waals surface area contributed by atoms with Gasteiger partial charge in [-0.05, 0) is 31.2 Å². The predicted molar refractivity (Wildman–Crippen MR) is 73.9 cm³/mol. The van der Waals surface area contributed by atoms with E-state index in [1.807, 2.05) is 0 Å². The van der Waals surface area contributed by atoms with Crippen molar-refractivity contribution in [2.75, 3.05) is 24.7 Å². The lowest BCUT2D eigenvalue weighted by atomic mass is 10.3. The van der Waals surface area contributed by atoms with Crippen LogP contribution in [0, 0.1) is 0 Å². The minimum Gasteiger partial charge on any atom is -0.497 e. The minimum absolute atomic E-state index is 0.00184. The average molecular weight is 286 g/mol. The van der Waals surface area contributed by atoms with Crippen molar-refractivity contribution >= 4 is 21.4 Å². The number of benzene rings is 1. The van der Waals surface area contributed by atoms with E-state index in [4.69, 9.17) is 10.5 Å². The van der Waals surface area contributed by atoms with E-state index in [1.165, 1.54) is 14.0 Å². The van der Waals surface area contributed by atoms with Crippen molar-refractivity contribution in [1.29, 1.82) is 0 Å². The standard InChI is InChI=1S/C12H18N2O4S/c1-9(7-13)19(16,17)8-12(15)14-10-3-5-11(18-2)6-4-10/h3-6,9H,7-8,13H2,1-2H3,(H,14,15). The number of sulfone groups is 1. The third kappa shape index (κ3) is 4.53. The van der Waals surface area contributed by atoms with Crippen LogP contribution in [0.3, 0.4) is 0 Å². The van der Waals surface area contributed by atoms with E-state index in [-0.39, 0.29) is 6.54 Å². The lowest BCUT2D eigenvalue weighted by molar-refractivity contribution is -0.113. The van der Waals surface area contributed by atoms with E-state index in [1.54, 1.807) is 24.3 Å². The van der Waals surface area contributed by atoms with E-state index < -0.39 is 26.7 Å². The maximum Gasteiger partial charge on any atom is 0.239 e. The number of hydrogen-bond acceptors (Lipinski definition) is 5. The maximum absolute atomic E-state index is 11.7. The molecule has 1 atom stereocenters. The summed E-state index contributed by atoms with van der Waals surface area (Å²) in [6.45, 7) is 1.48. The van der Waals surface area contributed by atoms with E-state index in [0.29, 0.717) is 11.4 Å². The number of nitrogens with one attached hydrogen (secondary N) is 1. The van der Waals surface area contributed by atoms with Gasteiger partial charge in [0.05, 0.1) is 12.4 Å². The Morgan fingerprint density at radius 3 is 2.42 bits per heavy atom. The van der Waals surface area contributed by atoms with Crippen molar-refractivity contribution in [2.45, 2.75) is 12.2 Å². The highest BCUT2D eigenvalue weighted by atomic mass is 32.2. The predicted octanol–water partition coefficient (Wildman–Crippen LogP) is 0.396. The number of ether oxygens (including phenoxy) is 1. The van der Waals surface area contributed by atoms with Gasteiger partial charge in [-0.2, -0.15) is 0 Å². The van der Waals surface area contributed by atoms with Crippen LogP contribution in [-0.4, -0.2) is 39.0 Å². The molecule has 0 aliphatic carbocycles. The molecule has 0 aliphatic rings. The molecule has 1 aromatic rings. The summed E-state index contributed by atoms with van der Waals surface area (Å²) < 4.78 is 28.4. The van der Waals surface area contributed by atoms with Crippen LogP contribution in [0.4, 0.5) is 5.69 Å². The summed E-state index contributed by atoms with van der Waals surface area (Å²) in [4.78, 5) is 11.6. The van der Waals surface area contributed by atoms with Crippen LogP contribution in [0.1, 0.15) is 6.92 Å². The molecular weight excluding hydrogens is 268 g/mol. The van der Waals surface area contributed by atoms with E-state index in [2.05, 4.69) is 5.32 Å². The second kappa shape index (κ2) is 6.53. The van der Waals surface area contributed by atoms with Crippen molar-refractivity contribution in [3.8, 4) is 5.75 Å². The molecule has 1 unspecified atom stereocenters. The zero-order valence-corrected chi connectivity index (χ0v) is 11.7. The average Bonchev–Trinajstić information content (AvgIpc) is 2.37. The molecule has 0 fully saturated rings. The van der Waals surface area contributed by atoms with Gasteiger partial charge in [0.25, 0.3) is 0 Å². The van der Waals surface area contributed by atoms with E-state index >= 15 is 0 Å². The molecule has 0 saturated carbocycles. The molecule has 1 aromatic carbocycles. The number of rotatable bonds is 6. The van der Waals surface area contributed by atoms with Crippen LogP contribution >= 0.6 is 0 Å². The highest BCUT2D eigenvalue weighted by Crippen LogP contribution is 2.15. The van der Waals surface area contributed by atoms with Crippen molar-refractivity contribution in [3.05, 3.63) is 24.3 Å². The first kappa shape index (κ1) is 15.5. The normalized spacial score (nSPS) is 12.8. The number of methoxy groups -OCH3 is 1. The van der Waals surface area contributed by atoms with E-state index in [9.17, 15) is 13.2 Å². The molecule has 106 valence electrons. The molecule has 0 spiro atoms. The summed E-state index contributed by atoms with van der Waals surface area (Å²) in [6.07, 6.45) is 0. The highest BCUT2D eigenvalue weighted by Gasteiger charge is 2.23. The van der Waals surface area contributed by atoms with Gasteiger partial charge in [-0.1, -0.05) is 0 Å². The Balaban J connectivity index is 2.65. The fourth-order valence-electron chi connectivity index (χ4n) is 1.34. The first-order valence-corrected chi connectivity index (χ1v) is 7.46. The number of hydrogen-bond donors (Lipinski definition) is 2. The zero-order chi connectivity index (χ0) is 14.5. The maximum atomic E-state index is 11.7. The Hall–Kier alpha value is -1.60. The molecule has 3 N–H and O–H groups in total. The summed E-state index contributed by atoms with van der Waals surface area (Å²) in [5.41, 5.74) is 5.81. The molecule has 0 radical (unpaired) electrons. The Kier molecular flexibility index (Phi) is 5.31. The minimum atomic E-state index is -3.50. The second-order valence-electron chi connectivity index (χ2n) is 4.13. The van der Waals surface area contributed by atoms with Crippen molar-refractivity contribution < 1.29 is 17.9 Å². The molecule has 0 bridgehead atoms. The smallest absolute Gasteiger partial charge is 0.239 e. The van der Waals surface area contributed by atoms with Crippen molar-refractivity contribution in [1.82, 2.24) is 0 Å². The topological polar surface area (TPSA) is 98.5 Å². The van der Waals surface area contributed by atoms with Crippen LogP contribution in [0.25, 0.3) is 0 Å². The molecule has 0 aliphatic heterocycles. The van der Waals surface area contributed by atoms with Gasteiger partial charge in [0.2, 0.25) is 5.91 Å². The fraction of sp³-hybridized carbons (Fsp3) is 0.417. The Bertz CT molecular complexity index is 525. The van der Waals surface area contributed by atoms with Crippen LogP contribution < -0.4 is 15.8 Å². The van der Waals surface area contributed by atoms with Crippen molar-refractivity contribution in [3.63, 3.8) is 0 Å². The first-order chi connectivity index (χ1) is 8.89. The van der Waals surface area contributed by atoms with Gasteiger partial charge in [0, 0.05) is 12.2 Å². The van der Waals surface area contributed by atoms with Gasteiger partial charge < -0.3 is 15.8 Å². The van der Waals surface area contributed by atoms with Gasteiger partial charge in [-0.15, -0.1) is 0 Å². The monoisotopic (exact) mass is 286 g/mol. The molecule has 0 saturated heterocycles. The van der Waals surface area contributed by atoms with Crippen LogP contribution in [0.2, 0.25) is 0 Å². The Morgan fingerprint density at radius 2 is 1.95 bits per heavy atom. The van der Waals surface area contributed by atoms with Crippen LogP contribution in [0.5, 0.6) is 5.75 Å². The summed E-state index contributed by atoms with van der Waals surface area (Å²) in [6, 6.07) is 6.62. The van der Waals surface area contributed by atoms with Crippen molar-refractivity contribution in [2.24, 2.45) is 5.73 Å². The van der Waals surface area contributed by atoms with Crippen LogP contribution in [-0.2, 0) is 14.6 Å². The Labute approximate surface area is 112 Å². The van der Waals surface area contributed by atoms with E-state index in [0.717, 1.165) is 0 Å². The van der Waals surface area contributed by atoms with Gasteiger partial charge >= 0.3 is 0 Å². The van der Waals surface area contributed by atoms with Gasteiger partial charge in [-0.25, -0.2) is 8.42 Å². The number of carbonyl (C=O) groups is 1. The SMILES string of the molecule is COc1ccc(NC(=O)CS(=O)(=O)C(C)CN)cc1. The lowest BCUT2D eigenvalue weighted by Gasteiger charge is -2.10. The molecule has 7 heteroatoms. The molecule has 19 heavy (non-hydrogen) atoms. The molecule has 0 aromatic heterocycles. The number of nitrogens with two attached hydrogens (primary N) is 1. The third-order valence-electron chi connectivity index (χ3n) is 2.65. The van der Waals surface area contributed by atoms with Crippen LogP contribution in [0.15, 0.2) is 24.3 Å². The molecule has 0 heterocycles. The summed E-state index contributed by atoms with van der Waals surface area (Å²) >= 11 is 0. The summed E-state index contributed by atoms with van der Waals surface area (Å²) in [5.74, 6) is -0.495. The Morgan fingerprint density at radius 1 is 1.37 bits per heavy atom.